The molecule has 0 aliphatic heterocycles. The zero-order valence-corrected chi connectivity index (χ0v) is 16.4. The fourth-order valence-corrected chi connectivity index (χ4v) is 3.49. The van der Waals surface area contributed by atoms with Crippen molar-refractivity contribution < 1.29 is 4.92 Å². The third kappa shape index (κ3) is 9.04. The Morgan fingerprint density at radius 3 is 1.88 bits per heavy atom. The summed E-state index contributed by atoms with van der Waals surface area (Å²) in [6.07, 6.45) is 18.5. The van der Waals surface area contributed by atoms with E-state index in [4.69, 9.17) is 0 Å². The molecule has 25 heavy (non-hydrogen) atoms. The van der Waals surface area contributed by atoms with Gasteiger partial charge in [-0.1, -0.05) is 90.2 Å². The van der Waals surface area contributed by atoms with Gasteiger partial charge in [0, 0.05) is 11.6 Å². The first-order chi connectivity index (χ1) is 12.2. The van der Waals surface area contributed by atoms with Gasteiger partial charge in [0.25, 0.3) is 5.69 Å². The zero-order valence-electron chi connectivity index (χ0n) is 16.4. The third-order valence-electron chi connectivity index (χ3n) is 5.03. The van der Waals surface area contributed by atoms with Gasteiger partial charge in [-0.3, -0.25) is 10.1 Å². The summed E-state index contributed by atoms with van der Waals surface area (Å²) in [6, 6.07) is 5.38. The van der Waals surface area contributed by atoms with E-state index in [0.717, 1.165) is 31.2 Å². The first-order valence-corrected chi connectivity index (χ1v) is 10.5. The van der Waals surface area contributed by atoms with Crippen LogP contribution in [0, 0.1) is 10.1 Å². The Labute approximate surface area is 154 Å². The Balaban J connectivity index is 0.000000252. The maximum atomic E-state index is 10.7. The smallest absolute Gasteiger partial charge is 0.258 e. The molecule has 0 radical (unpaired) electrons. The summed E-state index contributed by atoms with van der Waals surface area (Å²) in [5, 5.41) is 10.7. The fraction of sp³-hybridized carbons (Fsp3) is 0.727. The SMILES string of the molecule is CCCCCCCCCCCC.O=[N+]([O-])c1cccc2c1CCCC2. The highest BCUT2D eigenvalue weighted by Crippen LogP contribution is 2.28. The maximum absolute atomic E-state index is 10.7. The number of unbranched alkanes of at least 4 members (excludes halogenated alkanes) is 9. The molecule has 0 aromatic heterocycles. The fourth-order valence-electron chi connectivity index (χ4n) is 3.49. The number of benzene rings is 1. The first-order valence-electron chi connectivity index (χ1n) is 10.5. The molecular weight excluding hydrogens is 310 g/mol. The number of hydrogen-bond acceptors (Lipinski definition) is 2. The molecule has 0 atom stereocenters. The minimum atomic E-state index is -0.274. The lowest BCUT2D eigenvalue weighted by Crippen LogP contribution is -2.05. The minimum Gasteiger partial charge on any atom is -0.258 e. The summed E-state index contributed by atoms with van der Waals surface area (Å²) in [5.74, 6) is 0. The predicted octanol–water partition coefficient (Wildman–Crippen LogP) is 7.40. The van der Waals surface area contributed by atoms with Crippen LogP contribution in [0.25, 0.3) is 0 Å². The van der Waals surface area contributed by atoms with Crippen molar-refractivity contribution in [2.45, 2.75) is 104 Å². The lowest BCUT2D eigenvalue weighted by atomic mass is 9.91. The van der Waals surface area contributed by atoms with Gasteiger partial charge in [0.2, 0.25) is 0 Å². The highest BCUT2D eigenvalue weighted by atomic mass is 16.6. The molecule has 3 heteroatoms. The van der Waals surface area contributed by atoms with Crippen molar-refractivity contribution in [3.8, 4) is 0 Å². The molecule has 142 valence electrons. The summed E-state index contributed by atoms with van der Waals surface area (Å²) >= 11 is 0. The average Bonchev–Trinajstić information content (AvgIpc) is 2.64. The summed E-state index contributed by atoms with van der Waals surface area (Å²) < 4.78 is 0. The molecule has 0 saturated heterocycles. The number of aryl methyl sites for hydroxylation is 1. The van der Waals surface area contributed by atoms with E-state index in [1.54, 1.807) is 12.1 Å². The van der Waals surface area contributed by atoms with Gasteiger partial charge < -0.3 is 0 Å². The quantitative estimate of drug-likeness (QED) is 0.251. The number of rotatable bonds is 10. The summed E-state index contributed by atoms with van der Waals surface area (Å²) in [4.78, 5) is 10.4. The molecule has 1 aliphatic rings. The average molecular weight is 348 g/mol. The number of nitro groups is 1. The van der Waals surface area contributed by atoms with Gasteiger partial charge in [-0.15, -0.1) is 0 Å². The molecule has 0 saturated carbocycles. The molecule has 2 rings (SSSR count). The van der Waals surface area contributed by atoms with Crippen LogP contribution >= 0.6 is 0 Å². The molecule has 1 aliphatic carbocycles. The molecule has 0 heterocycles. The monoisotopic (exact) mass is 347 g/mol. The van der Waals surface area contributed by atoms with E-state index in [1.165, 1.54) is 69.8 Å². The normalized spacial score (nSPS) is 12.9. The summed E-state index contributed by atoms with van der Waals surface area (Å²) in [5.41, 5.74) is 2.43. The van der Waals surface area contributed by atoms with Crippen LogP contribution in [0.4, 0.5) is 5.69 Å². The largest absolute Gasteiger partial charge is 0.272 e. The van der Waals surface area contributed by atoms with Crippen molar-refractivity contribution in [3.63, 3.8) is 0 Å². The van der Waals surface area contributed by atoms with Crippen molar-refractivity contribution in [3.05, 3.63) is 39.4 Å². The molecule has 0 fully saturated rings. The van der Waals surface area contributed by atoms with E-state index >= 15 is 0 Å². The van der Waals surface area contributed by atoms with E-state index < -0.39 is 0 Å². The number of hydrogen-bond donors (Lipinski definition) is 0. The van der Waals surface area contributed by atoms with E-state index in [-0.39, 0.29) is 4.92 Å². The summed E-state index contributed by atoms with van der Waals surface area (Å²) in [7, 11) is 0. The van der Waals surface area contributed by atoms with Crippen molar-refractivity contribution >= 4 is 5.69 Å². The van der Waals surface area contributed by atoms with Crippen molar-refractivity contribution in [1.82, 2.24) is 0 Å². The van der Waals surface area contributed by atoms with Crippen molar-refractivity contribution in [2.24, 2.45) is 0 Å². The zero-order chi connectivity index (χ0) is 18.3. The van der Waals surface area contributed by atoms with Crippen LogP contribution in [-0.2, 0) is 12.8 Å². The highest BCUT2D eigenvalue weighted by molar-refractivity contribution is 5.46. The van der Waals surface area contributed by atoms with Gasteiger partial charge >= 0.3 is 0 Å². The summed E-state index contributed by atoms with van der Waals surface area (Å²) in [6.45, 7) is 4.56. The topological polar surface area (TPSA) is 43.1 Å². The Bertz CT molecular complexity index is 475. The van der Waals surface area contributed by atoms with Crippen molar-refractivity contribution in [1.29, 1.82) is 0 Å². The van der Waals surface area contributed by atoms with Crippen LogP contribution in [0.1, 0.15) is 102 Å². The Morgan fingerprint density at radius 2 is 1.36 bits per heavy atom. The van der Waals surface area contributed by atoms with Crippen molar-refractivity contribution in [2.75, 3.05) is 0 Å². The first kappa shape index (κ1) is 21.7. The second kappa shape index (κ2) is 13.9. The second-order valence-electron chi connectivity index (χ2n) is 7.21. The van der Waals surface area contributed by atoms with Gasteiger partial charge in [0.05, 0.1) is 4.92 Å². The molecule has 0 amide bonds. The van der Waals surface area contributed by atoms with Gasteiger partial charge in [-0.2, -0.15) is 0 Å². The molecule has 0 spiro atoms. The number of nitro benzene ring substituents is 1. The molecule has 0 bridgehead atoms. The lowest BCUT2D eigenvalue weighted by Gasteiger charge is -2.14. The van der Waals surface area contributed by atoms with Gasteiger partial charge in [-0.25, -0.2) is 0 Å². The van der Waals surface area contributed by atoms with Gasteiger partial charge in [-0.05, 0) is 31.2 Å². The maximum Gasteiger partial charge on any atom is 0.272 e. The number of nitrogens with zero attached hydrogens (tertiary/aromatic N) is 1. The molecule has 1 aromatic rings. The van der Waals surface area contributed by atoms with Crippen LogP contribution in [0.5, 0.6) is 0 Å². The van der Waals surface area contributed by atoms with Crippen LogP contribution in [-0.4, -0.2) is 4.92 Å². The minimum absolute atomic E-state index is 0.274. The van der Waals surface area contributed by atoms with Gasteiger partial charge in [0.1, 0.15) is 0 Å². The van der Waals surface area contributed by atoms with E-state index in [0.29, 0.717) is 5.69 Å². The standard InChI is InChI=1S/C12H26.C10H11NO2/c1-3-5-7-9-11-12-10-8-6-4-2;12-11(13)10-7-3-5-8-4-1-2-6-9(8)10/h3-12H2,1-2H3;3,5,7H,1-2,4,6H2. The molecule has 3 nitrogen and oxygen atoms in total. The Hall–Kier alpha value is -1.38. The molecule has 0 N–H and O–H groups in total. The Kier molecular flexibility index (Phi) is 12.0. The van der Waals surface area contributed by atoms with E-state index in [9.17, 15) is 10.1 Å². The molecule has 1 aromatic carbocycles. The molecular formula is C22H37NO2. The van der Waals surface area contributed by atoms with E-state index in [1.807, 2.05) is 6.07 Å². The van der Waals surface area contributed by atoms with E-state index in [2.05, 4.69) is 13.8 Å². The second-order valence-corrected chi connectivity index (χ2v) is 7.21. The lowest BCUT2D eigenvalue weighted by molar-refractivity contribution is -0.385. The predicted molar refractivity (Wildman–Crippen MR) is 107 cm³/mol. The van der Waals surface area contributed by atoms with Crippen LogP contribution in [0.3, 0.4) is 0 Å². The van der Waals surface area contributed by atoms with Gasteiger partial charge in [0.15, 0.2) is 0 Å². The Morgan fingerprint density at radius 1 is 0.840 bits per heavy atom. The highest BCUT2D eigenvalue weighted by Gasteiger charge is 2.19. The van der Waals surface area contributed by atoms with Crippen LogP contribution < -0.4 is 0 Å². The van der Waals surface area contributed by atoms with Crippen LogP contribution in [0.15, 0.2) is 18.2 Å². The van der Waals surface area contributed by atoms with Crippen LogP contribution in [0.2, 0.25) is 0 Å². The molecule has 0 unspecified atom stereocenters. The number of fused-ring (bicyclic) bond motifs is 1. The third-order valence-corrected chi connectivity index (χ3v) is 5.03.